The van der Waals surface area contributed by atoms with Gasteiger partial charge in [0.2, 0.25) is 0 Å². The maximum Gasteiger partial charge on any atom is 0.387 e. The molecule has 1 aromatic carbocycles. The Bertz CT molecular complexity index is 510. The highest BCUT2D eigenvalue weighted by Gasteiger charge is 2.03. The van der Waals surface area contributed by atoms with Crippen molar-refractivity contribution in [3.05, 3.63) is 51.7 Å². The van der Waals surface area contributed by atoms with Crippen LogP contribution in [0, 0.1) is 6.92 Å². The van der Waals surface area contributed by atoms with E-state index in [1.54, 1.807) is 35.6 Å². The predicted molar refractivity (Wildman–Crippen MR) is 72.7 cm³/mol. The molecule has 2 rings (SSSR count). The van der Waals surface area contributed by atoms with E-state index in [4.69, 9.17) is 0 Å². The second kappa shape index (κ2) is 6.63. The fourth-order valence-electron chi connectivity index (χ4n) is 1.70. The summed E-state index contributed by atoms with van der Waals surface area (Å²) in [5.74, 6) is 0.188. The van der Waals surface area contributed by atoms with Crippen molar-refractivity contribution in [2.45, 2.75) is 26.6 Å². The summed E-state index contributed by atoms with van der Waals surface area (Å²) in [6, 6.07) is 10.9. The molecule has 0 aliphatic heterocycles. The molecule has 0 spiro atoms. The van der Waals surface area contributed by atoms with Crippen LogP contribution in [0.5, 0.6) is 5.75 Å². The molecule has 1 aromatic heterocycles. The highest BCUT2D eigenvalue weighted by molar-refractivity contribution is 7.11. The van der Waals surface area contributed by atoms with E-state index in [0.29, 0.717) is 6.54 Å². The van der Waals surface area contributed by atoms with Gasteiger partial charge in [-0.25, -0.2) is 0 Å². The van der Waals surface area contributed by atoms with E-state index in [2.05, 4.69) is 29.1 Å². The fraction of sp³-hybridized carbons (Fsp3) is 0.286. The van der Waals surface area contributed by atoms with Crippen molar-refractivity contribution in [2.75, 3.05) is 0 Å². The van der Waals surface area contributed by atoms with Gasteiger partial charge >= 0.3 is 6.61 Å². The molecule has 0 amide bonds. The van der Waals surface area contributed by atoms with Gasteiger partial charge in [0.15, 0.2) is 0 Å². The predicted octanol–water partition coefficient (Wildman–Crippen LogP) is 3.95. The average Bonchev–Trinajstić information content (AvgIpc) is 2.77. The minimum atomic E-state index is -2.77. The molecule has 2 nitrogen and oxygen atoms in total. The third-order valence-electron chi connectivity index (χ3n) is 2.57. The summed E-state index contributed by atoms with van der Waals surface area (Å²) in [6.45, 7) is 0.821. The van der Waals surface area contributed by atoms with Crippen LogP contribution in [0.15, 0.2) is 36.4 Å². The summed E-state index contributed by atoms with van der Waals surface area (Å²) in [7, 11) is 0. The maximum absolute atomic E-state index is 12.0. The van der Waals surface area contributed by atoms with E-state index in [-0.39, 0.29) is 5.75 Å². The van der Waals surface area contributed by atoms with E-state index in [0.717, 1.165) is 12.1 Å². The Morgan fingerprint density at radius 1 is 1.11 bits per heavy atom. The van der Waals surface area contributed by atoms with Gasteiger partial charge in [-0.05, 0) is 36.8 Å². The molecule has 0 unspecified atom stereocenters. The average molecular weight is 283 g/mol. The fourth-order valence-corrected chi connectivity index (χ4v) is 2.56. The van der Waals surface area contributed by atoms with E-state index < -0.39 is 6.61 Å². The number of halogens is 2. The number of alkyl halides is 2. The topological polar surface area (TPSA) is 21.3 Å². The highest BCUT2D eigenvalue weighted by atomic mass is 32.1. The first kappa shape index (κ1) is 14.0. The summed E-state index contributed by atoms with van der Waals surface area (Å²) >= 11 is 1.77. The van der Waals surface area contributed by atoms with Gasteiger partial charge in [-0.1, -0.05) is 12.1 Å². The molecule has 0 saturated heterocycles. The number of ether oxygens (including phenoxy) is 1. The lowest BCUT2D eigenvalue weighted by Crippen LogP contribution is -2.11. The van der Waals surface area contributed by atoms with Gasteiger partial charge in [-0.15, -0.1) is 11.3 Å². The van der Waals surface area contributed by atoms with Gasteiger partial charge in [0.1, 0.15) is 5.75 Å². The molecule has 0 fully saturated rings. The van der Waals surface area contributed by atoms with Crippen LogP contribution in [0.2, 0.25) is 0 Å². The molecule has 0 atom stereocenters. The van der Waals surface area contributed by atoms with Gasteiger partial charge in [-0.3, -0.25) is 0 Å². The van der Waals surface area contributed by atoms with Gasteiger partial charge < -0.3 is 10.1 Å². The van der Waals surface area contributed by atoms with Crippen LogP contribution >= 0.6 is 11.3 Å². The molecule has 5 heteroatoms. The molecule has 2 aromatic rings. The minimum Gasteiger partial charge on any atom is -0.435 e. The van der Waals surface area contributed by atoms with Gasteiger partial charge in [0, 0.05) is 22.8 Å². The number of nitrogens with one attached hydrogen (secondary N) is 1. The molecule has 0 radical (unpaired) electrons. The van der Waals surface area contributed by atoms with Crippen molar-refractivity contribution >= 4 is 11.3 Å². The molecular weight excluding hydrogens is 268 g/mol. The summed E-state index contributed by atoms with van der Waals surface area (Å²) in [5.41, 5.74) is 1.04. The zero-order valence-corrected chi connectivity index (χ0v) is 11.3. The summed E-state index contributed by atoms with van der Waals surface area (Å²) in [5, 5.41) is 3.31. The molecule has 19 heavy (non-hydrogen) atoms. The standard InChI is InChI=1S/C14H15F2NOS/c1-10-2-7-13(19-10)9-17-8-11-3-5-12(6-4-11)18-14(15)16/h2-7,14,17H,8-9H2,1H3. The van der Waals surface area contributed by atoms with Crippen molar-refractivity contribution in [2.24, 2.45) is 0 Å². The first-order valence-corrected chi connectivity index (χ1v) is 6.75. The number of hydrogen-bond acceptors (Lipinski definition) is 3. The van der Waals surface area contributed by atoms with Gasteiger partial charge in [-0.2, -0.15) is 8.78 Å². The van der Waals surface area contributed by atoms with Gasteiger partial charge in [0.05, 0.1) is 0 Å². The van der Waals surface area contributed by atoms with Gasteiger partial charge in [0.25, 0.3) is 0 Å². The number of rotatable bonds is 6. The Kier molecular flexibility index (Phi) is 4.87. The van der Waals surface area contributed by atoms with Crippen molar-refractivity contribution in [3.8, 4) is 5.75 Å². The van der Waals surface area contributed by atoms with Crippen LogP contribution in [0.4, 0.5) is 8.78 Å². The first-order valence-electron chi connectivity index (χ1n) is 5.93. The molecule has 1 heterocycles. The largest absolute Gasteiger partial charge is 0.435 e. The van der Waals surface area contributed by atoms with E-state index >= 15 is 0 Å². The molecule has 0 saturated carbocycles. The van der Waals surface area contributed by atoms with Crippen LogP contribution in [-0.4, -0.2) is 6.61 Å². The Hall–Kier alpha value is -1.46. The molecular formula is C14H15F2NOS. The van der Waals surface area contributed by atoms with Crippen LogP contribution in [0.25, 0.3) is 0 Å². The Morgan fingerprint density at radius 2 is 1.84 bits per heavy atom. The molecule has 0 bridgehead atoms. The van der Waals surface area contributed by atoms with Crippen LogP contribution in [0.1, 0.15) is 15.3 Å². The summed E-state index contributed by atoms with van der Waals surface area (Å²) in [4.78, 5) is 2.58. The van der Waals surface area contributed by atoms with Crippen molar-refractivity contribution in [1.82, 2.24) is 5.32 Å². The van der Waals surface area contributed by atoms with Crippen molar-refractivity contribution in [3.63, 3.8) is 0 Å². The van der Waals surface area contributed by atoms with E-state index in [1.165, 1.54) is 9.75 Å². The molecule has 0 aliphatic carbocycles. The number of hydrogen-bond donors (Lipinski definition) is 1. The quantitative estimate of drug-likeness (QED) is 0.866. The van der Waals surface area contributed by atoms with E-state index in [1.807, 2.05) is 0 Å². The molecule has 1 N–H and O–H groups in total. The van der Waals surface area contributed by atoms with Crippen LogP contribution in [0.3, 0.4) is 0 Å². The smallest absolute Gasteiger partial charge is 0.387 e. The number of benzene rings is 1. The second-order valence-corrected chi connectivity index (χ2v) is 5.51. The summed E-state index contributed by atoms with van der Waals surface area (Å²) in [6.07, 6.45) is 0. The van der Waals surface area contributed by atoms with E-state index in [9.17, 15) is 8.78 Å². The lowest BCUT2D eigenvalue weighted by molar-refractivity contribution is -0.0498. The molecule has 102 valence electrons. The Balaban J connectivity index is 1.79. The maximum atomic E-state index is 12.0. The normalized spacial score (nSPS) is 10.9. The third-order valence-corrected chi connectivity index (χ3v) is 3.57. The van der Waals surface area contributed by atoms with Crippen LogP contribution in [-0.2, 0) is 13.1 Å². The summed E-state index contributed by atoms with van der Waals surface area (Å²) < 4.78 is 28.3. The lowest BCUT2D eigenvalue weighted by Gasteiger charge is -2.06. The second-order valence-electron chi connectivity index (χ2n) is 4.14. The molecule has 0 aliphatic rings. The third kappa shape index (κ3) is 4.61. The number of thiophene rings is 1. The SMILES string of the molecule is Cc1ccc(CNCc2ccc(OC(F)F)cc2)s1. The minimum absolute atomic E-state index is 0.188. The lowest BCUT2D eigenvalue weighted by atomic mass is 10.2. The zero-order chi connectivity index (χ0) is 13.7. The number of aryl methyl sites for hydroxylation is 1. The highest BCUT2D eigenvalue weighted by Crippen LogP contribution is 2.16. The monoisotopic (exact) mass is 283 g/mol. The van der Waals surface area contributed by atoms with Crippen molar-refractivity contribution < 1.29 is 13.5 Å². The van der Waals surface area contributed by atoms with Crippen LogP contribution < -0.4 is 10.1 Å². The zero-order valence-electron chi connectivity index (χ0n) is 10.5. The Labute approximate surface area is 115 Å². The first-order chi connectivity index (χ1) is 9.13. The van der Waals surface area contributed by atoms with Crippen molar-refractivity contribution in [1.29, 1.82) is 0 Å². The Morgan fingerprint density at radius 3 is 2.42 bits per heavy atom.